The second kappa shape index (κ2) is 18.7. The van der Waals surface area contributed by atoms with Crippen LogP contribution in [0.15, 0.2) is 0 Å². The minimum atomic E-state index is -1.32. The third-order valence-electron chi connectivity index (χ3n) is 7.44. The summed E-state index contributed by atoms with van der Waals surface area (Å²) in [5, 5.41) is 0. The highest BCUT2D eigenvalue weighted by atomic mass is 19.1. The molecule has 0 aliphatic carbocycles. The molecule has 5 unspecified atom stereocenters. The highest BCUT2D eigenvalue weighted by Crippen LogP contribution is 2.33. The Balaban J connectivity index is 4.81. The summed E-state index contributed by atoms with van der Waals surface area (Å²) in [5.41, 5.74) is 6.19. The van der Waals surface area contributed by atoms with Crippen LogP contribution in [0.5, 0.6) is 0 Å². The van der Waals surface area contributed by atoms with Gasteiger partial charge in [0.15, 0.2) is 12.0 Å². The van der Waals surface area contributed by atoms with Gasteiger partial charge >= 0.3 is 0 Å². The van der Waals surface area contributed by atoms with Gasteiger partial charge in [-0.3, -0.25) is 4.79 Å². The van der Waals surface area contributed by atoms with Crippen molar-refractivity contribution in [2.75, 3.05) is 26.2 Å². The molecule has 0 heterocycles. The summed E-state index contributed by atoms with van der Waals surface area (Å²) in [6, 6.07) is 0. The number of carbonyl (C=O) groups is 1. The Morgan fingerprint density at radius 2 is 1.68 bits per heavy atom. The maximum atomic E-state index is 14.4. The van der Waals surface area contributed by atoms with Gasteiger partial charge < -0.3 is 15.4 Å². The van der Waals surface area contributed by atoms with Crippen LogP contribution in [0, 0.1) is 23.7 Å². The van der Waals surface area contributed by atoms with E-state index in [0.29, 0.717) is 43.6 Å². The van der Waals surface area contributed by atoms with Crippen LogP contribution in [0.2, 0.25) is 0 Å². The van der Waals surface area contributed by atoms with E-state index < -0.39 is 11.9 Å². The highest BCUT2D eigenvalue weighted by Gasteiger charge is 2.30. The Hall–Kier alpha value is -0.520. The first-order valence-corrected chi connectivity index (χ1v) is 14.3. The van der Waals surface area contributed by atoms with Crippen LogP contribution < -0.4 is 5.73 Å². The number of hydrogen-bond acceptors (Lipinski definition) is 4. The lowest BCUT2D eigenvalue weighted by Crippen LogP contribution is -2.46. The first-order chi connectivity index (χ1) is 16.0. The average molecular weight is 487 g/mol. The summed E-state index contributed by atoms with van der Waals surface area (Å²) in [7, 11) is 0. The van der Waals surface area contributed by atoms with Crippen LogP contribution in [0.1, 0.15) is 120 Å². The van der Waals surface area contributed by atoms with Gasteiger partial charge in [0.25, 0.3) is 0 Å². The van der Waals surface area contributed by atoms with E-state index in [4.69, 9.17) is 10.5 Å². The fourth-order valence-corrected chi connectivity index (χ4v) is 5.32. The molecule has 0 fully saturated rings. The molecular formula is C29H59FN2O2. The fourth-order valence-electron chi connectivity index (χ4n) is 5.32. The van der Waals surface area contributed by atoms with Gasteiger partial charge in [0.2, 0.25) is 0 Å². The van der Waals surface area contributed by atoms with Crippen LogP contribution in [0.3, 0.4) is 0 Å². The normalized spacial score (nSPS) is 17.5. The van der Waals surface area contributed by atoms with E-state index in [0.717, 1.165) is 51.7 Å². The van der Waals surface area contributed by atoms with E-state index in [-0.39, 0.29) is 11.7 Å². The van der Waals surface area contributed by atoms with Crippen LogP contribution >= 0.6 is 0 Å². The molecule has 5 heteroatoms. The van der Waals surface area contributed by atoms with Gasteiger partial charge in [0, 0.05) is 13.0 Å². The number of alkyl halides is 1. The first kappa shape index (κ1) is 33.5. The number of rotatable bonds is 22. The molecule has 0 saturated carbocycles. The van der Waals surface area contributed by atoms with E-state index in [2.05, 4.69) is 53.4 Å². The van der Waals surface area contributed by atoms with Gasteiger partial charge in [0.1, 0.15) is 5.72 Å². The van der Waals surface area contributed by atoms with Crippen LogP contribution in [-0.2, 0) is 9.53 Å². The number of ketones is 1. The molecule has 2 N–H and O–H groups in total. The van der Waals surface area contributed by atoms with Gasteiger partial charge in [0.05, 0.1) is 6.61 Å². The summed E-state index contributed by atoms with van der Waals surface area (Å²) in [5.74, 6) is 1.28. The third-order valence-corrected chi connectivity index (χ3v) is 7.44. The molecule has 0 rings (SSSR count). The quantitative estimate of drug-likeness (QED) is 0.162. The van der Waals surface area contributed by atoms with Crippen molar-refractivity contribution in [1.29, 1.82) is 0 Å². The van der Waals surface area contributed by atoms with Crippen molar-refractivity contribution in [3.8, 4) is 0 Å². The number of nitrogens with zero attached hydrogens (tertiary/aromatic N) is 1. The summed E-state index contributed by atoms with van der Waals surface area (Å²) in [6.45, 7) is 21.1. The molecule has 34 heavy (non-hydrogen) atoms. The zero-order chi connectivity index (χ0) is 26.1. The topological polar surface area (TPSA) is 55.6 Å². The number of nitrogens with two attached hydrogens (primary N) is 1. The molecule has 5 atom stereocenters. The summed E-state index contributed by atoms with van der Waals surface area (Å²) < 4.78 is 20.8. The van der Waals surface area contributed by atoms with Crippen molar-refractivity contribution in [3.05, 3.63) is 0 Å². The molecule has 0 saturated heterocycles. The zero-order valence-corrected chi connectivity index (χ0v) is 24.0. The molecule has 4 nitrogen and oxygen atoms in total. The lowest BCUT2D eigenvalue weighted by atomic mass is 9.76. The minimum absolute atomic E-state index is 0.195. The molecule has 0 aliphatic rings. The van der Waals surface area contributed by atoms with Gasteiger partial charge in [-0.1, -0.05) is 74.7 Å². The summed E-state index contributed by atoms with van der Waals surface area (Å²) >= 11 is 0. The minimum Gasteiger partial charge on any atom is -0.360 e. The Morgan fingerprint density at radius 3 is 2.21 bits per heavy atom. The Kier molecular flexibility index (Phi) is 18.4. The van der Waals surface area contributed by atoms with E-state index >= 15 is 0 Å². The van der Waals surface area contributed by atoms with Gasteiger partial charge in [-0.15, -0.1) is 0 Å². The first-order valence-electron chi connectivity index (χ1n) is 14.3. The van der Waals surface area contributed by atoms with Gasteiger partial charge in [-0.05, 0) is 75.3 Å². The number of ether oxygens (including phenoxy) is 1. The molecule has 204 valence electrons. The lowest BCUT2D eigenvalue weighted by molar-refractivity contribution is -0.124. The number of unbranched alkanes of at least 4 members (excludes halogenated alkanes) is 1. The van der Waals surface area contributed by atoms with Crippen LogP contribution in [0.4, 0.5) is 4.39 Å². The van der Waals surface area contributed by atoms with E-state index in [9.17, 15) is 9.18 Å². The van der Waals surface area contributed by atoms with E-state index in [1.54, 1.807) is 0 Å². The van der Waals surface area contributed by atoms with Crippen molar-refractivity contribution in [3.63, 3.8) is 0 Å². The Labute approximate surface area is 211 Å². The van der Waals surface area contributed by atoms with Crippen molar-refractivity contribution < 1.29 is 13.9 Å². The number of carbonyl (C=O) groups excluding carboxylic acids is 1. The van der Waals surface area contributed by atoms with Crippen molar-refractivity contribution in [2.45, 2.75) is 131 Å². The second-order valence-electron chi connectivity index (χ2n) is 11.1. The Morgan fingerprint density at radius 1 is 1.00 bits per heavy atom. The van der Waals surface area contributed by atoms with Crippen molar-refractivity contribution in [1.82, 2.24) is 4.90 Å². The predicted octanol–water partition coefficient (Wildman–Crippen LogP) is 7.39. The lowest BCUT2D eigenvalue weighted by Gasteiger charge is -2.34. The van der Waals surface area contributed by atoms with Gasteiger partial charge in [-0.25, -0.2) is 4.39 Å². The molecular weight excluding hydrogens is 427 g/mol. The molecule has 0 aromatic rings. The third kappa shape index (κ3) is 14.1. The molecule has 0 aliphatic heterocycles. The zero-order valence-electron chi connectivity index (χ0n) is 24.0. The second-order valence-corrected chi connectivity index (χ2v) is 11.1. The van der Waals surface area contributed by atoms with Crippen LogP contribution in [0.25, 0.3) is 0 Å². The highest BCUT2D eigenvalue weighted by molar-refractivity contribution is 5.82. The van der Waals surface area contributed by atoms with Gasteiger partial charge in [-0.2, -0.15) is 0 Å². The maximum absolute atomic E-state index is 14.4. The number of likely N-dealkylation sites (N-methyl/N-ethyl adjacent to an activating group) is 1. The standard InChI is InChI=1S/C29H59FN2O2/c1-9-13-18-32(12-4)19-20-34-29(31,17-11-3)22-24(7)15-16-26(23(5)6)25(8)21-27(30)28(33)14-10-2/h23-27H,9-22,31H2,1-8H3. The average Bonchev–Trinajstić information content (AvgIpc) is 2.76. The van der Waals surface area contributed by atoms with Crippen LogP contribution in [-0.4, -0.2) is 48.8 Å². The summed E-state index contributed by atoms with van der Waals surface area (Å²) in [4.78, 5) is 14.4. The smallest absolute Gasteiger partial charge is 0.166 e. The van der Waals surface area contributed by atoms with E-state index in [1.165, 1.54) is 12.8 Å². The van der Waals surface area contributed by atoms with Crippen molar-refractivity contribution >= 4 is 5.78 Å². The number of Topliss-reactive ketones (excluding diaryl/α,β-unsaturated/α-hetero) is 1. The SMILES string of the molecule is CCCCN(CC)CCOC(N)(CCC)CC(C)CCC(C(C)C)C(C)CC(F)C(=O)CCC. The molecule has 0 bridgehead atoms. The number of halogens is 1. The van der Waals surface area contributed by atoms with Crippen molar-refractivity contribution in [2.24, 2.45) is 29.4 Å². The summed E-state index contributed by atoms with van der Waals surface area (Å²) in [6.07, 6.45) is 7.34. The molecule has 0 aromatic carbocycles. The fraction of sp³-hybridized carbons (Fsp3) is 0.966. The molecule has 0 amide bonds. The Bertz CT molecular complexity index is 516. The monoisotopic (exact) mass is 486 g/mol. The molecule has 0 spiro atoms. The molecule has 0 radical (unpaired) electrons. The number of hydrogen-bond donors (Lipinski definition) is 1. The molecule has 0 aromatic heterocycles. The van der Waals surface area contributed by atoms with E-state index in [1.807, 2.05) is 6.92 Å². The predicted molar refractivity (Wildman–Crippen MR) is 145 cm³/mol. The largest absolute Gasteiger partial charge is 0.360 e. The maximum Gasteiger partial charge on any atom is 0.166 e.